The molecule has 1 nitrogen and oxygen atoms in total. The fourth-order valence-corrected chi connectivity index (χ4v) is 3.87. The van der Waals surface area contributed by atoms with Crippen molar-refractivity contribution in [2.75, 3.05) is 0 Å². The van der Waals surface area contributed by atoms with Gasteiger partial charge in [-0.25, -0.2) is 8.78 Å². The summed E-state index contributed by atoms with van der Waals surface area (Å²) in [5.41, 5.74) is 1.33. The van der Waals surface area contributed by atoms with E-state index in [1.807, 2.05) is 0 Å². The van der Waals surface area contributed by atoms with Crippen LogP contribution in [-0.4, -0.2) is 17.1 Å². The molecule has 0 unspecified atom stereocenters. The van der Waals surface area contributed by atoms with Crippen molar-refractivity contribution in [1.82, 2.24) is 4.98 Å². The maximum Gasteiger partial charge on any atom is 0.391 e. The van der Waals surface area contributed by atoms with Crippen molar-refractivity contribution in [3.63, 3.8) is 0 Å². The van der Waals surface area contributed by atoms with E-state index in [0.717, 1.165) is 5.56 Å². The molecule has 0 saturated heterocycles. The van der Waals surface area contributed by atoms with Crippen LogP contribution in [0.15, 0.2) is 12.3 Å². The van der Waals surface area contributed by atoms with Crippen LogP contribution < -0.4 is 0 Å². The molecule has 2 aliphatic rings. The molecular formula is C16H17ClF5N. The van der Waals surface area contributed by atoms with Crippen molar-refractivity contribution < 1.29 is 22.0 Å². The zero-order valence-corrected chi connectivity index (χ0v) is 13.1. The number of hydrogen-bond acceptors (Lipinski definition) is 1. The van der Waals surface area contributed by atoms with Gasteiger partial charge in [-0.2, -0.15) is 13.2 Å². The average molecular weight is 354 g/mol. The molecule has 0 spiro atoms. The van der Waals surface area contributed by atoms with E-state index in [4.69, 9.17) is 11.6 Å². The van der Waals surface area contributed by atoms with Gasteiger partial charge < -0.3 is 0 Å². The number of alkyl halides is 5. The lowest BCUT2D eigenvalue weighted by atomic mass is 9.76. The Morgan fingerprint density at radius 3 is 2.17 bits per heavy atom. The van der Waals surface area contributed by atoms with Crippen LogP contribution in [0.1, 0.15) is 61.6 Å². The van der Waals surface area contributed by atoms with Crippen molar-refractivity contribution in [1.29, 1.82) is 0 Å². The first kappa shape index (κ1) is 16.9. The van der Waals surface area contributed by atoms with Gasteiger partial charge in [0.25, 0.3) is 0 Å². The molecule has 0 amide bonds. The Morgan fingerprint density at radius 1 is 1.04 bits per heavy atom. The monoisotopic (exact) mass is 353 g/mol. The molecule has 1 aromatic heterocycles. The Labute approximate surface area is 136 Å². The summed E-state index contributed by atoms with van der Waals surface area (Å²) in [6, 6.07) is 1.72. The summed E-state index contributed by atoms with van der Waals surface area (Å²) in [5.74, 6) is -4.21. The van der Waals surface area contributed by atoms with Crippen molar-refractivity contribution >= 4 is 11.6 Å². The van der Waals surface area contributed by atoms with Crippen LogP contribution in [0, 0.1) is 5.92 Å². The molecule has 1 aromatic rings. The molecule has 7 heteroatoms. The molecule has 0 atom stereocenters. The van der Waals surface area contributed by atoms with Crippen molar-refractivity contribution in [2.24, 2.45) is 5.92 Å². The zero-order valence-electron chi connectivity index (χ0n) is 12.3. The van der Waals surface area contributed by atoms with E-state index < -0.39 is 18.0 Å². The molecule has 0 radical (unpaired) electrons. The average Bonchev–Trinajstić information content (AvgIpc) is 2.44. The number of halogens is 6. The van der Waals surface area contributed by atoms with E-state index in [1.54, 1.807) is 6.07 Å². The van der Waals surface area contributed by atoms with Gasteiger partial charge >= 0.3 is 6.18 Å². The minimum absolute atomic E-state index is 0.0524. The summed E-state index contributed by atoms with van der Waals surface area (Å²) in [6.45, 7) is 0. The number of aromatic nitrogens is 1. The molecule has 2 fully saturated rings. The summed E-state index contributed by atoms with van der Waals surface area (Å²) in [5, 5.41) is 0.412. The minimum Gasteiger partial charge on any atom is -0.259 e. The summed E-state index contributed by atoms with van der Waals surface area (Å²) < 4.78 is 64.2. The lowest BCUT2D eigenvalue weighted by Gasteiger charge is -2.35. The molecule has 0 bridgehead atoms. The van der Waals surface area contributed by atoms with Gasteiger partial charge in [0, 0.05) is 30.7 Å². The molecule has 128 valence electrons. The topological polar surface area (TPSA) is 12.9 Å². The third kappa shape index (κ3) is 3.62. The maximum absolute atomic E-state index is 13.0. The number of hydrogen-bond donors (Lipinski definition) is 0. The SMILES string of the molecule is FC1(F)CC(c2cc([C@H]3CC[C@H](C(F)(F)F)CC3)c(Cl)cn2)C1. The fourth-order valence-electron chi connectivity index (χ4n) is 3.61. The summed E-state index contributed by atoms with van der Waals surface area (Å²) in [4.78, 5) is 4.13. The largest absolute Gasteiger partial charge is 0.391 e. The first-order chi connectivity index (χ1) is 10.7. The van der Waals surface area contributed by atoms with Gasteiger partial charge in [-0.05, 0) is 43.2 Å². The molecule has 3 rings (SSSR count). The van der Waals surface area contributed by atoms with Gasteiger partial charge in [-0.15, -0.1) is 0 Å². The molecule has 2 aliphatic carbocycles. The Hall–Kier alpha value is -0.910. The highest BCUT2D eigenvalue weighted by Crippen LogP contribution is 2.49. The third-order valence-electron chi connectivity index (χ3n) is 5.04. The second-order valence-electron chi connectivity index (χ2n) is 6.68. The minimum atomic E-state index is -4.14. The first-order valence-corrected chi connectivity index (χ1v) is 8.13. The highest BCUT2D eigenvalue weighted by atomic mass is 35.5. The predicted octanol–water partition coefficient (Wildman–Crippen LogP) is 6.08. The van der Waals surface area contributed by atoms with E-state index in [0.29, 0.717) is 23.6 Å². The molecule has 0 aliphatic heterocycles. The quantitative estimate of drug-likeness (QED) is 0.587. The van der Waals surface area contributed by atoms with E-state index >= 15 is 0 Å². The smallest absolute Gasteiger partial charge is 0.259 e. The molecule has 0 aromatic carbocycles. The number of rotatable bonds is 2. The Morgan fingerprint density at radius 2 is 1.65 bits per heavy atom. The second kappa shape index (κ2) is 5.87. The van der Waals surface area contributed by atoms with Crippen LogP contribution in [0.4, 0.5) is 22.0 Å². The zero-order chi connectivity index (χ0) is 16.8. The van der Waals surface area contributed by atoms with E-state index in [1.165, 1.54) is 6.20 Å². The Balaban J connectivity index is 1.71. The fraction of sp³-hybridized carbons (Fsp3) is 0.688. The number of nitrogens with zero attached hydrogens (tertiary/aromatic N) is 1. The highest BCUT2D eigenvalue weighted by Gasteiger charge is 2.47. The molecule has 23 heavy (non-hydrogen) atoms. The van der Waals surface area contributed by atoms with E-state index in [-0.39, 0.29) is 37.5 Å². The van der Waals surface area contributed by atoms with Crippen LogP contribution in [0.25, 0.3) is 0 Å². The van der Waals surface area contributed by atoms with Crippen LogP contribution in [0.3, 0.4) is 0 Å². The predicted molar refractivity (Wildman–Crippen MR) is 76.9 cm³/mol. The van der Waals surface area contributed by atoms with Gasteiger partial charge in [0.05, 0.1) is 10.9 Å². The Bertz CT molecular complexity index is 570. The van der Waals surface area contributed by atoms with Crippen molar-refractivity contribution in [3.05, 3.63) is 28.5 Å². The van der Waals surface area contributed by atoms with Gasteiger partial charge in [0.15, 0.2) is 0 Å². The van der Waals surface area contributed by atoms with E-state index in [2.05, 4.69) is 4.98 Å². The molecular weight excluding hydrogens is 337 g/mol. The van der Waals surface area contributed by atoms with Crippen LogP contribution in [0.5, 0.6) is 0 Å². The lowest BCUT2D eigenvalue weighted by Crippen LogP contribution is -2.34. The van der Waals surface area contributed by atoms with Gasteiger partial charge in [-0.1, -0.05) is 11.6 Å². The summed E-state index contributed by atoms with van der Waals surface area (Å²) in [6.07, 6.45) is -2.15. The maximum atomic E-state index is 13.0. The third-order valence-corrected chi connectivity index (χ3v) is 5.36. The van der Waals surface area contributed by atoms with Crippen LogP contribution >= 0.6 is 11.6 Å². The van der Waals surface area contributed by atoms with Crippen LogP contribution in [0.2, 0.25) is 5.02 Å². The summed E-state index contributed by atoms with van der Waals surface area (Å²) >= 11 is 6.14. The normalized spacial score (nSPS) is 28.4. The molecule has 1 heterocycles. The van der Waals surface area contributed by atoms with Gasteiger partial charge in [0.1, 0.15) is 0 Å². The van der Waals surface area contributed by atoms with Crippen molar-refractivity contribution in [3.8, 4) is 0 Å². The van der Waals surface area contributed by atoms with Gasteiger partial charge in [-0.3, -0.25) is 4.98 Å². The van der Waals surface area contributed by atoms with Gasteiger partial charge in [0.2, 0.25) is 5.92 Å². The van der Waals surface area contributed by atoms with E-state index in [9.17, 15) is 22.0 Å². The lowest BCUT2D eigenvalue weighted by molar-refractivity contribution is -0.182. The van der Waals surface area contributed by atoms with Crippen LogP contribution in [-0.2, 0) is 0 Å². The molecule has 2 saturated carbocycles. The summed E-state index contributed by atoms with van der Waals surface area (Å²) in [7, 11) is 0. The Kier molecular flexibility index (Phi) is 4.32. The molecule has 0 N–H and O–H groups in total. The second-order valence-corrected chi connectivity index (χ2v) is 7.09. The standard InChI is InChI=1S/C16H17ClF5N/c17-13-8-23-14(10-6-15(18,19)7-10)5-12(13)9-1-3-11(4-2-9)16(20,21)22/h5,8-11H,1-4,6-7H2/t9-,11-. The first-order valence-electron chi connectivity index (χ1n) is 7.75. The highest BCUT2D eigenvalue weighted by molar-refractivity contribution is 6.31. The van der Waals surface area contributed by atoms with Crippen molar-refractivity contribution in [2.45, 2.75) is 62.5 Å². The number of pyridine rings is 1.